The average molecular weight is 382 g/mol. The van der Waals surface area contributed by atoms with E-state index in [0.717, 1.165) is 19.4 Å². The van der Waals surface area contributed by atoms with Crippen LogP contribution < -0.4 is 10.6 Å². The molecule has 0 aliphatic heterocycles. The molecular formula is C19H31N3O3S. The Bertz CT molecular complexity index is 685. The molecule has 26 heavy (non-hydrogen) atoms. The van der Waals surface area contributed by atoms with Crippen LogP contribution in [0.4, 0.5) is 0 Å². The fourth-order valence-corrected chi connectivity index (χ4v) is 4.38. The molecule has 1 aromatic rings. The van der Waals surface area contributed by atoms with Crippen LogP contribution in [0.15, 0.2) is 35.3 Å². The van der Waals surface area contributed by atoms with Gasteiger partial charge >= 0.3 is 0 Å². The SMILES string of the molecule is CN=C(NCC(C)COCc1ccccc1)NCC1(CS(C)(=O)=O)CC1. The van der Waals surface area contributed by atoms with E-state index in [9.17, 15) is 8.42 Å². The third-order valence-corrected chi connectivity index (χ3v) is 5.65. The summed E-state index contributed by atoms with van der Waals surface area (Å²) < 4.78 is 28.8. The van der Waals surface area contributed by atoms with Gasteiger partial charge in [-0.3, -0.25) is 4.99 Å². The third kappa shape index (κ3) is 7.74. The molecule has 0 aromatic heterocycles. The summed E-state index contributed by atoms with van der Waals surface area (Å²) in [6, 6.07) is 10.1. The molecule has 1 aromatic carbocycles. The molecule has 2 rings (SSSR count). The largest absolute Gasteiger partial charge is 0.376 e. The third-order valence-electron chi connectivity index (χ3n) is 4.51. The Kier molecular flexibility index (Phi) is 7.46. The van der Waals surface area contributed by atoms with Crippen molar-refractivity contribution in [3.8, 4) is 0 Å². The summed E-state index contributed by atoms with van der Waals surface area (Å²) in [4.78, 5) is 4.22. The van der Waals surface area contributed by atoms with E-state index in [-0.39, 0.29) is 11.2 Å². The van der Waals surface area contributed by atoms with Gasteiger partial charge in [-0.2, -0.15) is 0 Å². The second-order valence-electron chi connectivity index (χ2n) is 7.48. The topological polar surface area (TPSA) is 79.8 Å². The molecule has 0 heterocycles. The lowest BCUT2D eigenvalue weighted by Gasteiger charge is -2.19. The fraction of sp³-hybridized carbons (Fsp3) is 0.632. The Balaban J connectivity index is 1.65. The summed E-state index contributed by atoms with van der Waals surface area (Å²) in [6.07, 6.45) is 3.21. The second kappa shape index (κ2) is 9.37. The highest BCUT2D eigenvalue weighted by atomic mass is 32.2. The number of guanidine groups is 1. The highest BCUT2D eigenvalue weighted by molar-refractivity contribution is 7.90. The maximum atomic E-state index is 11.5. The van der Waals surface area contributed by atoms with Gasteiger partial charge in [-0.05, 0) is 24.3 Å². The van der Waals surface area contributed by atoms with Gasteiger partial charge in [-0.1, -0.05) is 37.3 Å². The smallest absolute Gasteiger partial charge is 0.191 e. The van der Waals surface area contributed by atoms with Crippen molar-refractivity contribution >= 4 is 15.8 Å². The Morgan fingerprint density at radius 3 is 2.54 bits per heavy atom. The molecule has 1 fully saturated rings. The van der Waals surface area contributed by atoms with Crippen molar-refractivity contribution in [1.82, 2.24) is 10.6 Å². The first-order chi connectivity index (χ1) is 12.3. The summed E-state index contributed by atoms with van der Waals surface area (Å²) >= 11 is 0. The van der Waals surface area contributed by atoms with Crippen LogP contribution in [0.1, 0.15) is 25.3 Å². The van der Waals surface area contributed by atoms with E-state index in [2.05, 4.69) is 34.7 Å². The van der Waals surface area contributed by atoms with Crippen LogP contribution >= 0.6 is 0 Å². The number of aliphatic imine (C=N–C) groups is 1. The lowest BCUT2D eigenvalue weighted by atomic mass is 10.1. The van der Waals surface area contributed by atoms with E-state index in [0.29, 0.717) is 31.6 Å². The number of nitrogens with one attached hydrogen (secondary N) is 2. The van der Waals surface area contributed by atoms with Crippen LogP contribution in [0.3, 0.4) is 0 Å². The van der Waals surface area contributed by atoms with Crippen molar-refractivity contribution in [3.05, 3.63) is 35.9 Å². The zero-order valence-electron chi connectivity index (χ0n) is 16.0. The Labute approximate surface area is 157 Å². The minimum absolute atomic E-state index is 0.115. The maximum absolute atomic E-state index is 11.5. The molecule has 6 nitrogen and oxygen atoms in total. The predicted octanol–water partition coefficient (Wildman–Crippen LogP) is 1.83. The first kappa shape index (κ1) is 20.7. The molecule has 0 radical (unpaired) electrons. The van der Waals surface area contributed by atoms with Gasteiger partial charge in [0.05, 0.1) is 19.0 Å². The van der Waals surface area contributed by atoms with Crippen molar-refractivity contribution in [3.63, 3.8) is 0 Å². The molecule has 146 valence electrons. The molecule has 7 heteroatoms. The van der Waals surface area contributed by atoms with Gasteiger partial charge in [0.1, 0.15) is 9.84 Å². The van der Waals surface area contributed by atoms with Crippen LogP contribution in [0.25, 0.3) is 0 Å². The Hall–Kier alpha value is -1.60. The molecule has 2 N–H and O–H groups in total. The molecule has 0 saturated heterocycles. The van der Waals surface area contributed by atoms with Crippen molar-refractivity contribution in [2.45, 2.75) is 26.4 Å². The molecular weight excluding hydrogens is 350 g/mol. The van der Waals surface area contributed by atoms with E-state index >= 15 is 0 Å². The molecule has 1 aliphatic carbocycles. The van der Waals surface area contributed by atoms with E-state index in [1.807, 2.05) is 18.2 Å². The first-order valence-corrected chi connectivity index (χ1v) is 11.1. The zero-order chi connectivity index (χ0) is 19.0. The van der Waals surface area contributed by atoms with Gasteiger partial charge in [0, 0.05) is 31.8 Å². The van der Waals surface area contributed by atoms with Crippen LogP contribution in [0, 0.1) is 11.3 Å². The van der Waals surface area contributed by atoms with Crippen LogP contribution in [0.2, 0.25) is 0 Å². The number of ether oxygens (including phenoxy) is 1. The molecule has 0 bridgehead atoms. The second-order valence-corrected chi connectivity index (χ2v) is 9.62. The van der Waals surface area contributed by atoms with Gasteiger partial charge in [-0.25, -0.2) is 8.42 Å². The zero-order valence-corrected chi connectivity index (χ0v) is 16.8. The first-order valence-electron chi connectivity index (χ1n) is 9.06. The van der Waals surface area contributed by atoms with Crippen molar-refractivity contribution in [1.29, 1.82) is 0 Å². The number of sulfone groups is 1. The maximum Gasteiger partial charge on any atom is 0.191 e. The van der Waals surface area contributed by atoms with E-state index < -0.39 is 9.84 Å². The fourth-order valence-electron chi connectivity index (χ4n) is 2.88. The van der Waals surface area contributed by atoms with Crippen molar-refractivity contribution in [2.75, 3.05) is 38.8 Å². The molecule has 1 unspecified atom stereocenters. The number of benzene rings is 1. The van der Waals surface area contributed by atoms with Crippen molar-refractivity contribution < 1.29 is 13.2 Å². The van der Waals surface area contributed by atoms with E-state index in [1.54, 1.807) is 7.05 Å². The number of rotatable bonds is 10. The lowest BCUT2D eigenvalue weighted by molar-refractivity contribution is 0.0931. The van der Waals surface area contributed by atoms with Crippen LogP contribution in [0.5, 0.6) is 0 Å². The number of hydrogen-bond donors (Lipinski definition) is 2. The summed E-state index contributed by atoms with van der Waals surface area (Å²) in [7, 11) is -1.23. The van der Waals surface area contributed by atoms with Gasteiger partial charge in [0.2, 0.25) is 0 Å². The predicted molar refractivity (Wildman–Crippen MR) is 106 cm³/mol. The van der Waals surface area contributed by atoms with E-state index in [4.69, 9.17) is 4.74 Å². The average Bonchev–Trinajstić information content (AvgIpc) is 3.33. The van der Waals surface area contributed by atoms with Gasteiger partial charge in [0.25, 0.3) is 0 Å². The molecule has 0 amide bonds. The summed E-state index contributed by atoms with van der Waals surface area (Å²) in [6.45, 7) is 4.78. The highest BCUT2D eigenvalue weighted by Gasteiger charge is 2.45. The quantitative estimate of drug-likeness (QED) is 0.477. The van der Waals surface area contributed by atoms with Crippen molar-refractivity contribution in [2.24, 2.45) is 16.3 Å². The van der Waals surface area contributed by atoms with Crippen LogP contribution in [-0.2, 0) is 21.2 Å². The molecule has 0 spiro atoms. The standard InChI is InChI=1S/C19H31N3O3S/c1-16(12-25-13-17-7-5-4-6-8-17)11-21-18(20-2)22-14-19(9-10-19)15-26(3,23)24/h4-8,16H,9-15H2,1-3H3,(H2,20,21,22). The molecule has 1 saturated carbocycles. The number of nitrogens with zero attached hydrogens (tertiary/aromatic N) is 1. The van der Waals surface area contributed by atoms with E-state index in [1.165, 1.54) is 11.8 Å². The van der Waals surface area contributed by atoms with Gasteiger partial charge in [-0.15, -0.1) is 0 Å². The minimum Gasteiger partial charge on any atom is -0.376 e. The number of hydrogen-bond acceptors (Lipinski definition) is 4. The minimum atomic E-state index is -2.95. The van der Waals surface area contributed by atoms with Crippen LogP contribution in [-0.4, -0.2) is 53.1 Å². The Morgan fingerprint density at radius 1 is 1.27 bits per heavy atom. The summed E-state index contributed by atoms with van der Waals surface area (Å²) in [5.74, 6) is 1.29. The van der Waals surface area contributed by atoms with Gasteiger partial charge in [0.15, 0.2) is 5.96 Å². The summed E-state index contributed by atoms with van der Waals surface area (Å²) in [5, 5.41) is 6.56. The normalized spacial score (nSPS) is 17.6. The summed E-state index contributed by atoms with van der Waals surface area (Å²) in [5.41, 5.74) is 1.06. The lowest BCUT2D eigenvalue weighted by Crippen LogP contribution is -2.43. The monoisotopic (exact) mass is 381 g/mol. The highest BCUT2D eigenvalue weighted by Crippen LogP contribution is 2.45. The molecule has 1 atom stereocenters. The Morgan fingerprint density at radius 2 is 1.96 bits per heavy atom. The van der Waals surface area contributed by atoms with Gasteiger partial charge < -0.3 is 15.4 Å². The molecule has 1 aliphatic rings.